The van der Waals surface area contributed by atoms with E-state index in [9.17, 15) is 0 Å². The number of allylic oxidation sites excluding steroid dienone is 6. The fourth-order valence-electron chi connectivity index (χ4n) is 4.43. The Bertz CT molecular complexity index is 870. The van der Waals surface area contributed by atoms with Gasteiger partial charge in [-0.3, -0.25) is 4.99 Å². The molecule has 0 aliphatic carbocycles. The highest BCUT2D eigenvalue weighted by Gasteiger charge is 2.39. The molecule has 0 amide bonds. The minimum atomic E-state index is 0.0847. The van der Waals surface area contributed by atoms with Crippen LogP contribution in [0.4, 0.5) is 5.82 Å². The van der Waals surface area contributed by atoms with Gasteiger partial charge in [-0.25, -0.2) is 0 Å². The van der Waals surface area contributed by atoms with Crippen LogP contribution in [0.1, 0.15) is 94.7 Å². The molecular weight excluding hydrogens is 430 g/mol. The Labute approximate surface area is 216 Å². The topological polar surface area (TPSA) is 53.4 Å². The van der Waals surface area contributed by atoms with Crippen LogP contribution in [0, 0.1) is 0 Å². The number of nitrogens with one attached hydrogen (secondary N) is 1. The summed E-state index contributed by atoms with van der Waals surface area (Å²) in [7, 11) is 2.12. The highest BCUT2D eigenvalue weighted by molar-refractivity contribution is 5.75. The second-order valence-corrected chi connectivity index (χ2v) is 9.60. The monoisotopic (exact) mass is 481 g/mol. The Kier molecular flexibility index (Phi) is 14.3. The van der Waals surface area contributed by atoms with Gasteiger partial charge in [0.1, 0.15) is 0 Å². The smallest absolute Gasteiger partial charge is 0.151 e. The van der Waals surface area contributed by atoms with Gasteiger partial charge in [-0.1, -0.05) is 52.5 Å². The minimum absolute atomic E-state index is 0.0847. The largest absolute Gasteiger partial charge is 0.355 e. The Morgan fingerprint density at radius 2 is 1.63 bits per heavy atom. The molecule has 0 unspecified atom stereocenters. The van der Waals surface area contributed by atoms with Crippen LogP contribution in [-0.4, -0.2) is 40.6 Å². The lowest BCUT2D eigenvalue weighted by atomic mass is 9.79. The summed E-state index contributed by atoms with van der Waals surface area (Å²) in [5.74, 6) is 0.895. The van der Waals surface area contributed by atoms with E-state index in [4.69, 9.17) is 0 Å². The van der Waals surface area contributed by atoms with Gasteiger partial charge in [-0.2, -0.15) is 0 Å². The number of rotatable bonds is 7. The van der Waals surface area contributed by atoms with Crippen molar-refractivity contribution in [3.63, 3.8) is 0 Å². The minimum Gasteiger partial charge on any atom is -0.355 e. The molecule has 1 aromatic rings. The number of aromatic nitrogens is 2. The van der Waals surface area contributed by atoms with Crippen molar-refractivity contribution in [3.8, 4) is 0 Å². The zero-order chi connectivity index (χ0) is 27.2. The molecule has 5 nitrogen and oxygen atoms in total. The molecule has 1 aliphatic heterocycles. The third kappa shape index (κ3) is 10.3. The van der Waals surface area contributed by atoms with Gasteiger partial charge in [-0.05, 0) is 85.1 Å². The summed E-state index contributed by atoms with van der Waals surface area (Å²) in [5.41, 5.74) is 3.84. The van der Waals surface area contributed by atoms with Gasteiger partial charge in [0.15, 0.2) is 5.82 Å². The van der Waals surface area contributed by atoms with Crippen LogP contribution in [0.25, 0.3) is 5.57 Å². The number of hydrogen-bond donors (Lipinski definition) is 1. The molecule has 0 bridgehead atoms. The Hall–Kier alpha value is -2.53. The molecule has 0 radical (unpaired) electrons. The molecule has 1 aliphatic rings. The van der Waals surface area contributed by atoms with Crippen molar-refractivity contribution in [2.75, 3.05) is 11.9 Å². The van der Waals surface area contributed by atoms with Crippen molar-refractivity contribution in [2.24, 2.45) is 4.99 Å². The number of aliphatic imine (C=N–C) groups is 1. The maximum absolute atomic E-state index is 4.58. The van der Waals surface area contributed by atoms with E-state index < -0.39 is 0 Å². The first-order valence-electron chi connectivity index (χ1n) is 13.0. The van der Waals surface area contributed by atoms with Crippen LogP contribution in [0.3, 0.4) is 0 Å². The summed E-state index contributed by atoms with van der Waals surface area (Å²) >= 11 is 0. The van der Waals surface area contributed by atoms with Crippen LogP contribution in [0.2, 0.25) is 0 Å². The van der Waals surface area contributed by atoms with Crippen molar-refractivity contribution in [2.45, 2.75) is 106 Å². The molecule has 1 saturated heterocycles. The summed E-state index contributed by atoms with van der Waals surface area (Å²) < 4.78 is 0. The predicted molar refractivity (Wildman–Crippen MR) is 157 cm³/mol. The summed E-state index contributed by atoms with van der Waals surface area (Å²) in [6.45, 7) is 26.9. The quantitative estimate of drug-likeness (QED) is 0.319. The Morgan fingerprint density at radius 3 is 2.06 bits per heavy atom. The van der Waals surface area contributed by atoms with Crippen molar-refractivity contribution in [3.05, 3.63) is 60.0 Å². The third-order valence-electron chi connectivity index (χ3n) is 5.64. The van der Waals surface area contributed by atoms with E-state index in [1.165, 1.54) is 0 Å². The lowest BCUT2D eigenvalue weighted by Crippen LogP contribution is -2.62. The molecule has 0 aromatic carbocycles. The van der Waals surface area contributed by atoms with Crippen molar-refractivity contribution in [1.29, 1.82) is 0 Å². The molecule has 196 valence electrons. The highest BCUT2D eigenvalue weighted by atomic mass is 15.3. The molecule has 2 rings (SSSR count). The average molecular weight is 482 g/mol. The molecule has 0 saturated carbocycles. The van der Waals surface area contributed by atoms with Gasteiger partial charge >= 0.3 is 0 Å². The molecule has 35 heavy (non-hydrogen) atoms. The lowest BCUT2D eigenvalue weighted by Gasteiger charge is -2.49. The van der Waals surface area contributed by atoms with Crippen LogP contribution in [0.15, 0.2) is 59.3 Å². The molecular formula is C30H51N5. The fraction of sp³-hybridized carbons (Fsp3) is 0.567. The van der Waals surface area contributed by atoms with Crippen LogP contribution in [0.5, 0.6) is 0 Å². The third-order valence-corrected chi connectivity index (χ3v) is 5.64. The molecule has 0 atom stereocenters. The van der Waals surface area contributed by atoms with Crippen molar-refractivity contribution >= 4 is 17.6 Å². The van der Waals surface area contributed by atoms with Gasteiger partial charge in [0.25, 0.3) is 0 Å². The molecule has 2 heterocycles. The molecule has 1 N–H and O–H groups in total. The lowest BCUT2D eigenvalue weighted by molar-refractivity contribution is 0.160. The van der Waals surface area contributed by atoms with Crippen LogP contribution < -0.4 is 10.2 Å². The second kappa shape index (κ2) is 15.5. The first-order chi connectivity index (χ1) is 16.5. The van der Waals surface area contributed by atoms with Gasteiger partial charge in [0.05, 0.1) is 11.4 Å². The van der Waals surface area contributed by atoms with E-state index in [-0.39, 0.29) is 11.1 Å². The molecule has 5 heteroatoms. The first-order valence-corrected chi connectivity index (χ1v) is 13.0. The summed E-state index contributed by atoms with van der Waals surface area (Å²) in [6.07, 6.45) is 11.8. The van der Waals surface area contributed by atoms with E-state index in [2.05, 4.69) is 72.8 Å². The van der Waals surface area contributed by atoms with Crippen LogP contribution >= 0.6 is 0 Å². The SMILES string of the molecule is C=C/C(C)=C(/C=C(\C=C/C)c1ccc(N(C)C2CC(C)(C)NC(C)(C)C2)nn1)N=CC.CC.CC. The maximum atomic E-state index is 4.58. The zero-order valence-electron chi connectivity index (χ0n) is 24.5. The van der Waals surface area contributed by atoms with Crippen LogP contribution in [-0.2, 0) is 0 Å². The van der Waals surface area contributed by atoms with Gasteiger partial charge in [0.2, 0.25) is 0 Å². The van der Waals surface area contributed by atoms with Crippen molar-refractivity contribution < 1.29 is 0 Å². The number of hydrogen-bond acceptors (Lipinski definition) is 5. The van der Waals surface area contributed by atoms with E-state index in [0.29, 0.717) is 6.04 Å². The van der Waals surface area contributed by atoms with E-state index in [1.807, 2.05) is 78.8 Å². The standard InChI is InChI=1S/C26H39N5.2C2H6/c1-10-13-20(16-23(27-12-3)19(4)11-2)22-14-15-24(29-28-22)31(9)21-17-25(5,6)30-26(7,8)18-21;2*1-2/h10-16,21,30H,2,17-18H2,1,3-9H3;2*1-2H3/b13-10-,20-16+,23-19-,27-12?;;. The molecule has 1 aromatic heterocycles. The highest BCUT2D eigenvalue weighted by Crippen LogP contribution is 2.32. The Morgan fingerprint density at radius 1 is 1.06 bits per heavy atom. The van der Waals surface area contributed by atoms with E-state index >= 15 is 0 Å². The second-order valence-electron chi connectivity index (χ2n) is 9.60. The average Bonchev–Trinajstić information content (AvgIpc) is 2.83. The van der Waals surface area contributed by atoms with Gasteiger partial charge in [-0.15, -0.1) is 10.2 Å². The normalized spacial score (nSPS) is 18.2. The van der Waals surface area contributed by atoms with Gasteiger partial charge < -0.3 is 10.2 Å². The first kappa shape index (κ1) is 32.5. The zero-order valence-corrected chi connectivity index (χ0v) is 24.5. The summed E-state index contributed by atoms with van der Waals surface area (Å²) in [4.78, 5) is 6.76. The molecule has 1 fully saturated rings. The Balaban J connectivity index is 0.00000274. The number of nitrogens with zero attached hydrogens (tertiary/aromatic N) is 4. The van der Waals surface area contributed by atoms with Crippen molar-refractivity contribution in [1.82, 2.24) is 15.5 Å². The fourth-order valence-corrected chi connectivity index (χ4v) is 4.43. The number of piperidine rings is 1. The number of anilines is 1. The van der Waals surface area contributed by atoms with E-state index in [1.54, 1.807) is 6.21 Å². The predicted octanol–water partition coefficient (Wildman–Crippen LogP) is 7.78. The van der Waals surface area contributed by atoms with E-state index in [0.717, 1.165) is 41.2 Å². The summed E-state index contributed by atoms with van der Waals surface area (Å²) in [5, 5.41) is 12.9. The summed E-state index contributed by atoms with van der Waals surface area (Å²) in [6, 6.07) is 4.51. The molecule has 0 spiro atoms. The van der Waals surface area contributed by atoms with Gasteiger partial charge in [0, 0.05) is 36.0 Å². The maximum Gasteiger partial charge on any atom is 0.151 e.